The molecule has 0 bridgehead atoms. The Morgan fingerprint density at radius 1 is 0.944 bits per heavy atom. The van der Waals surface area contributed by atoms with E-state index in [1.807, 2.05) is 18.2 Å². The largest absolute Gasteiger partial charge is 0.495 e. The molecule has 36 heavy (non-hydrogen) atoms. The third kappa shape index (κ3) is 5.24. The summed E-state index contributed by atoms with van der Waals surface area (Å²) in [4.78, 5) is 35.9. The molecule has 0 saturated heterocycles. The van der Waals surface area contributed by atoms with Crippen molar-refractivity contribution in [2.75, 3.05) is 25.8 Å². The summed E-state index contributed by atoms with van der Waals surface area (Å²) >= 11 is 10.2. The minimum Gasteiger partial charge on any atom is -0.495 e. The van der Waals surface area contributed by atoms with Crippen molar-refractivity contribution in [1.82, 2.24) is 18.8 Å². The zero-order valence-electron chi connectivity index (χ0n) is 19.1. The van der Waals surface area contributed by atoms with Crippen molar-refractivity contribution in [3.63, 3.8) is 0 Å². The molecule has 0 atom stereocenters. The number of nitroso groups, excluding NO2 is 1. The van der Waals surface area contributed by atoms with Gasteiger partial charge in [0.2, 0.25) is 4.77 Å². The smallest absolute Gasteiger partial charge is 0.302 e. The minimum absolute atomic E-state index is 0.0295. The molecule has 0 aliphatic heterocycles. The molecule has 0 spiro atoms. The Kier molecular flexibility index (Phi) is 8.14. The van der Waals surface area contributed by atoms with Gasteiger partial charge < -0.3 is 21.1 Å². The van der Waals surface area contributed by atoms with Crippen LogP contribution in [0.5, 0.6) is 11.5 Å². The van der Waals surface area contributed by atoms with Gasteiger partial charge in [-0.1, -0.05) is 24.3 Å². The highest BCUT2D eigenvalue weighted by Gasteiger charge is 2.12. The molecule has 2 aromatic heterocycles. The molecule has 0 saturated carbocycles. The zero-order chi connectivity index (χ0) is 26.4. The van der Waals surface area contributed by atoms with Crippen LogP contribution in [-0.4, -0.2) is 33.0 Å². The summed E-state index contributed by atoms with van der Waals surface area (Å²) in [5, 5.41) is 2.64. The molecule has 4 rings (SSSR count). The summed E-state index contributed by atoms with van der Waals surface area (Å²) in [5.41, 5.74) is 5.65. The monoisotopic (exact) mass is 527 g/mol. The van der Waals surface area contributed by atoms with E-state index in [2.05, 4.69) is 10.2 Å². The number of rotatable bonds is 5. The lowest BCUT2D eigenvalue weighted by Gasteiger charge is -2.13. The predicted molar refractivity (Wildman–Crippen MR) is 141 cm³/mol. The second kappa shape index (κ2) is 11.2. The third-order valence-corrected chi connectivity index (χ3v) is 5.52. The number of H-pyrrole nitrogens is 1. The van der Waals surface area contributed by atoms with E-state index in [1.54, 1.807) is 42.0 Å². The molecule has 14 heteroatoms. The van der Waals surface area contributed by atoms with E-state index in [-0.39, 0.29) is 26.6 Å². The van der Waals surface area contributed by atoms with Crippen LogP contribution in [0.15, 0.2) is 75.6 Å². The molecule has 0 amide bonds. The number of para-hydroxylation sites is 4. The summed E-state index contributed by atoms with van der Waals surface area (Å²) in [6.45, 7) is 0. The fraction of sp³-hybridized carbons (Fsp3) is 0.0909. The highest BCUT2D eigenvalue weighted by atomic mass is 32.1. The van der Waals surface area contributed by atoms with Crippen molar-refractivity contribution in [2.45, 2.75) is 0 Å². The van der Waals surface area contributed by atoms with Crippen LogP contribution in [0.3, 0.4) is 0 Å². The Morgan fingerprint density at radius 2 is 1.50 bits per heavy atom. The van der Waals surface area contributed by atoms with E-state index in [4.69, 9.17) is 45.5 Å². The van der Waals surface area contributed by atoms with Gasteiger partial charge in [-0.15, -0.1) is 4.91 Å². The second-order valence-electron chi connectivity index (χ2n) is 6.98. The first-order valence-corrected chi connectivity index (χ1v) is 10.9. The highest BCUT2D eigenvalue weighted by molar-refractivity contribution is 7.71. The van der Waals surface area contributed by atoms with Gasteiger partial charge in [0, 0.05) is 12.3 Å². The molecule has 5 N–H and O–H groups in total. The van der Waals surface area contributed by atoms with Crippen molar-refractivity contribution < 1.29 is 9.47 Å². The molecule has 0 aliphatic rings. The van der Waals surface area contributed by atoms with Crippen LogP contribution in [0.4, 0.5) is 11.5 Å². The number of hydrogen-bond donors (Lipinski definition) is 3. The normalized spacial score (nSPS) is 10.2. The summed E-state index contributed by atoms with van der Waals surface area (Å²) in [6, 6.07) is 15.5. The first-order chi connectivity index (χ1) is 17.2. The first-order valence-electron chi connectivity index (χ1n) is 10.1. The predicted octanol–water partition coefficient (Wildman–Crippen LogP) is 2.97. The summed E-state index contributed by atoms with van der Waals surface area (Å²) in [7, 11) is 3.06. The van der Waals surface area contributed by atoms with Gasteiger partial charge >= 0.3 is 5.56 Å². The Labute approximate surface area is 213 Å². The second-order valence-corrected chi connectivity index (χ2v) is 7.73. The number of hydrogen-bond acceptors (Lipinski definition) is 10. The van der Waals surface area contributed by atoms with Crippen molar-refractivity contribution >= 4 is 35.9 Å². The van der Waals surface area contributed by atoms with Crippen molar-refractivity contribution in [3.8, 4) is 22.9 Å². The summed E-state index contributed by atoms with van der Waals surface area (Å²) < 4.78 is 14.3. The lowest BCUT2D eigenvalue weighted by Crippen LogP contribution is -2.30. The van der Waals surface area contributed by atoms with Crippen LogP contribution in [0.25, 0.3) is 11.4 Å². The highest BCUT2D eigenvalue weighted by Crippen LogP contribution is 2.24. The average molecular weight is 528 g/mol. The Hall–Kier alpha value is -4.56. The quantitative estimate of drug-likeness (QED) is 0.201. The molecular weight excluding hydrogens is 506 g/mol. The van der Waals surface area contributed by atoms with Gasteiger partial charge in [-0.2, -0.15) is 4.68 Å². The van der Waals surface area contributed by atoms with E-state index < -0.39 is 5.56 Å². The van der Waals surface area contributed by atoms with Gasteiger partial charge in [-0.05, 0) is 53.9 Å². The molecule has 0 unspecified atom stereocenters. The molecule has 4 aromatic rings. The molecule has 2 heterocycles. The number of nitrogens with one attached hydrogen (secondary N) is 1. The topological polar surface area (TPSA) is 165 Å². The third-order valence-electron chi connectivity index (χ3n) is 4.84. The van der Waals surface area contributed by atoms with Crippen LogP contribution in [0.1, 0.15) is 0 Å². The van der Waals surface area contributed by atoms with Crippen molar-refractivity contribution in [3.05, 3.63) is 96.0 Å². The number of aromatic nitrogens is 4. The molecule has 0 radical (unpaired) electrons. The minimum atomic E-state index is -0.744. The van der Waals surface area contributed by atoms with E-state index in [0.29, 0.717) is 27.5 Å². The maximum absolute atomic E-state index is 11.6. The fourth-order valence-corrected chi connectivity index (χ4v) is 3.74. The number of nitrogen functional groups attached to an aromatic ring is 2. The molecule has 12 nitrogen and oxygen atoms in total. The van der Waals surface area contributed by atoms with Gasteiger partial charge in [0.25, 0.3) is 5.56 Å². The standard InChI is InChI=1S/C11H10N4O3S.C11H11N3O2S/c1-18-9-5-3-2-4-8(9)14-6-7(13-17)10(16)15(12)11(14)19;1-16-8-5-3-2-4-7(8)14-9(12)6-10(15)13-11(14)17/h2-6H,12H2,1H3;2-6H,12H2,1H3,(H,13,15,17). The molecular formula is C22H21N7O5S2. The van der Waals surface area contributed by atoms with Crippen LogP contribution < -0.4 is 32.2 Å². The molecule has 186 valence electrons. The summed E-state index contributed by atoms with van der Waals surface area (Å²) in [5.74, 6) is 6.94. The van der Waals surface area contributed by atoms with Gasteiger partial charge in [-0.25, -0.2) is 0 Å². The summed E-state index contributed by atoms with van der Waals surface area (Å²) in [6.07, 6.45) is 1.23. The number of benzene rings is 2. The van der Waals surface area contributed by atoms with Crippen LogP contribution in [0, 0.1) is 14.4 Å². The number of nitrogens with two attached hydrogens (primary N) is 2. The van der Waals surface area contributed by atoms with E-state index in [9.17, 15) is 14.5 Å². The lowest BCUT2D eigenvalue weighted by atomic mass is 10.3. The Balaban J connectivity index is 0.000000202. The van der Waals surface area contributed by atoms with Gasteiger partial charge in [0.1, 0.15) is 17.3 Å². The van der Waals surface area contributed by atoms with Crippen molar-refractivity contribution in [1.29, 1.82) is 0 Å². The Morgan fingerprint density at radius 3 is 2.06 bits per heavy atom. The number of methoxy groups -OCH3 is 2. The zero-order valence-corrected chi connectivity index (χ0v) is 20.7. The lowest BCUT2D eigenvalue weighted by molar-refractivity contribution is 0.412. The van der Waals surface area contributed by atoms with Crippen molar-refractivity contribution in [2.24, 2.45) is 5.18 Å². The fourth-order valence-electron chi connectivity index (χ4n) is 3.20. The number of aromatic amines is 1. The van der Waals surface area contributed by atoms with Crippen LogP contribution in [0.2, 0.25) is 0 Å². The molecule has 0 aliphatic carbocycles. The van der Waals surface area contributed by atoms with Gasteiger partial charge in [0.05, 0.1) is 25.6 Å². The van der Waals surface area contributed by atoms with Gasteiger partial charge in [-0.3, -0.25) is 23.7 Å². The SMILES string of the molecule is COc1ccccc1-n1c(N)cc(=O)[nH]c1=S.COc1ccccc1-n1cc(N=O)c(=O)n(N)c1=S. The average Bonchev–Trinajstić information content (AvgIpc) is 2.87. The van der Waals surface area contributed by atoms with E-state index in [0.717, 1.165) is 0 Å². The number of anilines is 1. The maximum atomic E-state index is 11.6. The first kappa shape index (κ1) is 26.1. The number of ether oxygens (including phenoxy) is 2. The van der Waals surface area contributed by atoms with Crippen LogP contribution in [-0.2, 0) is 0 Å². The molecule has 2 aromatic carbocycles. The molecule has 0 fully saturated rings. The number of nitrogens with zero attached hydrogens (tertiary/aromatic N) is 4. The maximum Gasteiger partial charge on any atom is 0.302 e. The van der Waals surface area contributed by atoms with Crippen LogP contribution >= 0.6 is 24.4 Å². The van der Waals surface area contributed by atoms with Gasteiger partial charge in [0.15, 0.2) is 10.5 Å². The van der Waals surface area contributed by atoms with E-state index >= 15 is 0 Å². The van der Waals surface area contributed by atoms with E-state index in [1.165, 1.54) is 23.9 Å². The Bertz CT molecular complexity index is 1660.